The topological polar surface area (TPSA) is 124 Å². The molecule has 0 aliphatic rings. The summed E-state index contributed by atoms with van der Waals surface area (Å²) in [5, 5.41) is 23.6. The number of nitro groups is 1. The number of alkyl halides is 3. The van der Waals surface area contributed by atoms with Gasteiger partial charge < -0.3 is 19.5 Å². The number of hydrogen-bond donors (Lipinski definition) is 1. The Labute approximate surface area is 234 Å². The Hall–Kier alpha value is -4.32. The van der Waals surface area contributed by atoms with Gasteiger partial charge in [0.05, 0.1) is 27.8 Å². The van der Waals surface area contributed by atoms with Crippen molar-refractivity contribution in [1.82, 2.24) is 0 Å². The van der Waals surface area contributed by atoms with E-state index in [4.69, 9.17) is 14.2 Å². The largest absolute Gasteiger partial charge is 0.494 e. The van der Waals surface area contributed by atoms with Gasteiger partial charge >= 0.3 is 11.9 Å². The van der Waals surface area contributed by atoms with Gasteiger partial charge in [-0.15, -0.1) is 0 Å². The minimum Gasteiger partial charge on any atom is -0.494 e. The number of anilines is 1. The van der Waals surface area contributed by atoms with Gasteiger partial charge in [-0.2, -0.15) is 18.4 Å². The van der Waals surface area contributed by atoms with Crippen molar-refractivity contribution in [2.75, 3.05) is 19.0 Å². The summed E-state index contributed by atoms with van der Waals surface area (Å²) >= 11 is 1.84. The van der Waals surface area contributed by atoms with Crippen molar-refractivity contribution in [1.29, 1.82) is 5.26 Å². The van der Waals surface area contributed by atoms with Crippen LogP contribution in [-0.4, -0.2) is 24.5 Å². The zero-order valence-electron chi connectivity index (χ0n) is 20.3. The normalized spacial score (nSPS) is 11.4. The van der Waals surface area contributed by atoms with Crippen molar-refractivity contribution >= 4 is 45.9 Å². The Balaban J connectivity index is 1.90. The van der Waals surface area contributed by atoms with Gasteiger partial charge in [-0.05, 0) is 89.7 Å². The summed E-state index contributed by atoms with van der Waals surface area (Å²) in [5.74, 6) is -0.421. The fourth-order valence-corrected chi connectivity index (χ4v) is 4.01. The molecule has 0 saturated heterocycles. The van der Waals surface area contributed by atoms with Crippen LogP contribution < -0.4 is 19.5 Å². The van der Waals surface area contributed by atoms with Gasteiger partial charge in [0.1, 0.15) is 17.4 Å². The minimum absolute atomic E-state index is 0.00421. The highest BCUT2D eigenvalue weighted by molar-refractivity contribution is 14.1. The zero-order valence-corrected chi connectivity index (χ0v) is 22.5. The Kier molecular flexibility index (Phi) is 9.36. The van der Waals surface area contributed by atoms with E-state index in [1.807, 2.05) is 35.6 Å². The summed E-state index contributed by atoms with van der Waals surface area (Å²) in [4.78, 5) is 23.1. The fourth-order valence-electron chi connectivity index (χ4n) is 3.27. The first-order valence-corrected chi connectivity index (χ1v) is 12.1. The highest BCUT2D eigenvalue weighted by Crippen LogP contribution is 2.42. The van der Waals surface area contributed by atoms with E-state index >= 15 is 0 Å². The summed E-state index contributed by atoms with van der Waals surface area (Å²) in [6.07, 6.45) is -3.47. The van der Waals surface area contributed by atoms with Crippen molar-refractivity contribution in [3.8, 4) is 29.1 Å². The van der Waals surface area contributed by atoms with Crippen LogP contribution in [0.15, 0.2) is 60.2 Å². The van der Waals surface area contributed by atoms with E-state index in [0.29, 0.717) is 39.3 Å². The molecule has 0 radical (unpaired) electrons. The fraction of sp³-hybridized carbons (Fsp3) is 0.154. The molecule has 3 aromatic rings. The molecule has 202 valence electrons. The van der Waals surface area contributed by atoms with Gasteiger partial charge in [-0.3, -0.25) is 14.9 Å². The molecular weight excluding hydrogens is 634 g/mol. The Morgan fingerprint density at radius 1 is 1.15 bits per heavy atom. The third-order valence-corrected chi connectivity index (χ3v) is 5.85. The zero-order chi connectivity index (χ0) is 28.7. The third kappa shape index (κ3) is 7.38. The average molecular weight is 653 g/mol. The molecule has 0 saturated carbocycles. The summed E-state index contributed by atoms with van der Waals surface area (Å²) in [7, 11) is 1.29. The number of amides is 1. The van der Waals surface area contributed by atoms with Crippen LogP contribution in [-0.2, 0) is 11.0 Å². The molecule has 0 fully saturated rings. The van der Waals surface area contributed by atoms with E-state index in [2.05, 4.69) is 5.32 Å². The molecule has 0 aliphatic heterocycles. The first kappa shape index (κ1) is 29.2. The highest BCUT2D eigenvalue weighted by Gasteiger charge is 2.33. The van der Waals surface area contributed by atoms with Crippen molar-refractivity contribution < 1.29 is 37.1 Å². The van der Waals surface area contributed by atoms with Crippen molar-refractivity contribution in [2.24, 2.45) is 0 Å². The Bertz CT molecular complexity index is 1470. The second kappa shape index (κ2) is 12.5. The van der Waals surface area contributed by atoms with Gasteiger partial charge in [0, 0.05) is 11.8 Å². The first-order valence-electron chi connectivity index (χ1n) is 11.0. The second-order valence-electron chi connectivity index (χ2n) is 7.65. The lowest BCUT2D eigenvalue weighted by atomic mass is 10.1. The predicted molar refractivity (Wildman–Crippen MR) is 144 cm³/mol. The number of carbonyl (C=O) groups excluding carboxylic acids is 1. The van der Waals surface area contributed by atoms with Crippen LogP contribution >= 0.6 is 22.6 Å². The van der Waals surface area contributed by atoms with Gasteiger partial charge in [0.25, 0.3) is 5.91 Å². The first-order chi connectivity index (χ1) is 18.5. The van der Waals surface area contributed by atoms with Crippen LogP contribution in [0.4, 0.5) is 24.5 Å². The lowest BCUT2D eigenvalue weighted by Gasteiger charge is -2.14. The van der Waals surface area contributed by atoms with E-state index in [1.165, 1.54) is 25.3 Å². The number of benzene rings is 3. The molecule has 0 aromatic heterocycles. The summed E-state index contributed by atoms with van der Waals surface area (Å²) < 4.78 is 55.7. The molecule has 0 spiro atoms. The quantitative estimate of drug-likeness (QED) is 0.0871. The SMILES string of the molecule is CCOc1ccc(NC(=O)/C(C#N)=C/c2cc(I)c(Oc3ccc(C(F)(F)F)cc3[N+](=O)[O-])c(OC)c2)cc1. The van der Waals surface area contributed by atoms with Gasteiger partial charge in [-0.25, -0.2) is 0 Å². The van der Waals surface area contributed by atoms with E-state index in [1.54, 1.807) is 24.3 Å². The van der Waals surface area contributed by atoms with E-state index < -0.39 is 34.0 Å². The van der Waals surface area contributed by atoms with Crippen LogP contribution in [0.2, 0.25) is 0 Å². The lowest BCUT2D eigenvalue weighted by Crippen LogP contribution is -2.13. The van der Waals surface area contributed by atoms with Crippen molar-refractivity contribution in [3.05, 3.63) is 85.0 Å². The third-order valence-electron chi connectivity index (χ3n) is 5.05. The summed E-state index contributed by atoms with van der Waals surface area (Å²) in [6.45, 7) is 2.33. The maximum atomic E-state index is 13.0. The van der Waals surface area contributed by atoms with E-state index in [0.717, 1.165) is 6.07 Å². The number of nitriles is 1. The molecule has 1 N–H and O–H groups in total. The number of nitrogens with zero attached hydrogens (tertiary/aromatic N) is 2. The molecule has 39 heavy (non-hydrogen) atoms. The number of halogens is 4. The standard InChI is InChI=1S/C26H19F3IN3O6/c1-3-38-19-7-5-18(6-8-19)32-25(34)16(14-31)10-15-11-20(30)24(23(12-15)37-2)39-22-9-4-17(26(27,28)29)13-21(22)33(35)36/h4-13H,3H2,1-2H3,(H,32,34)/b16-10+. The molecule has 3 rings (SSSR count). The number of hydrogen-bond acceptors (Lipinski definition) is 7. The maximum Gasteiger partial charge on any atom is 0.416 e. The monoisotopic (exact) mass is 653 g/mol. The van der Waals surface area contributed by atoms with Gasteiger partial charge in [0.2, 0.25) is 5.75 Å². The second-order valence-corrected chi connectivity index (χ2v) is 8.82. The Morgan fingerprint density at radius 2 is 1.85 bits per heavy atom. The van der Waals surface area contributed by atoms with E-state index in [-0.39, 0.29) is 17.1 Å². The molecule has 3 aromatic carbocycles. The van der Waals surface area contributed by atoms with Crippen LogP contribution in [0.5, 0.6) is 23.0 Å². The number of nitro benzene ring substituents is 1. The Morgan fingerprint density at radius 3 is 2.41 bits per heavy atom. The average Bonchev–Trinajstić information content (AvgIpc) is 2.89. The predicted octanol–water partition coefficient (Wildman–Crippen LogP) is 6.96. The smallest absolute Gasteiger partial charge is 0.416 e. The molecule has 0 atom stereocenters. The molecule has 13 heteroatoms. The summed E-state index contributed by atoms with van der Waals surface area (Å²) in [6, 6.07) is 13.2. The number of rotatable bonds is 9. The number of carbonyl (C=O) groups is 1. The number of ether oxygens (including phenoxy) is 3. The number of methoxy groups -OCH3 is 1. The van der Waals surface area contributed by atoms with Crippen molar-refractivity contribution in [3.63, 3.8) is 0 Å². The lowest BCUT2D eigenvalue weighted by molar-refractivity contribution is -0.385. The van der Waals surface area contributed by atoms with Gasteiger partial charge in [0.15, 0.2) is 11.5 Å². The molecule has 0 aliphatic carbocycles. The molecule has 9 nitrogen and oxygen atoms in total. The van der Waals surface area contributed by atoms with Crippen LogP contribution in [0.1, 0.15) is 18.1 Å². The molecule has 0 heterocycles. The van der Waals surface area contributed by atoms with Crippen LogP contribution in [0, 0.1) is 25.0 Å². The van der Waals surface area contributed by atoms with Gasteiger partial charge in [-0.1, -0.05) is 0 Å². The molecule has 1 amide bonds. The van der Waals surface area contributed by atoms with Crippen LogP contribution in [0.25, 0.3) is 6.08 Å². The molecule has 0 unspecified atom stereocenters. The van der Waals surface area contributed by atoms with Crippen LogP contribution in [0.3, 0.4) is 0 Å². The summed E-state index contributed by atoms with van der Waals surface area (Å²) in [5.41, 5.74) is -1.50. The van der Waals surface area contributed by atoms with Crippen molar-refractivity contribution in [2.45, 2.75) is 13.1 Å². The maximum absolute atomic E-state index is 13.0. The van der Waals surface area contributed by atoms with E-state index in [9.17, 15) is 33.3 Å². The number of nitrogens with one attached hydrogen (secondary N) is 1. The molecular formula is C26H19F3IN3O6. The highest BCUT2D eigenvalue weighted by atomic mass is 127. The minimum atomic E-state index is -4.78. The molecule has 0 bridgehead atoms.